The van der Waals surface area contributed by atoms with Gasteiger partial charge in [0.2, 0.25) is 0 Å². The Morgan fingerprint density at radius 2 is 1.95 bits per heavy atom. The van der Waals surface area contributed by atoms with E-state index in [1.165, 1.54) is 0 Å². The van der Waals surface area contributed by atoms with Crippen LogP contribution in [0.5, 0.6) is 5.75 Å². The van der Waals surface area contributed by atoms with Gasteiger partial charge >= 0.3 is 0 Å². The number of nitrogens with one attached hydrogen (secondary N) is 1. The highest BCUT2D eigenvalue weighted by Crippen LogP contribution is 2.23. The molecule has 1 unspecified atom stereocenters. The summed E-state index contributed by atoms with van der Waals surface area (Å²) in [5.74, 6) is 2.69. The van der Waals surface area contributed by atoms with E-state index < -0.39 is 0 Å². The van der Waals surface area contributed by atoms with Gasteiger partial charge in [-0.25, -0.2) is 0 Å². The summed E-state index contributed by atoms with van der Waals surface area (Å²) in [6, 6.07) is 11.8. The number of ether oxygens (including phenoxy) is 1. The summed E-state index contributed by atoms with van der Waals surface area (Å²) >= 11 is 0. The van der Waals surface area contributed by atoms with Crippen LogP contribution in [0.2, 0.25) is 0 Å². The van der Waals surface area contributed by atoms with Crippen molar-refractivity contribution in [3.8, 4) is 5.75 Å². The smallest absolute Gasteiger partial charge is 0.126 e. The lowest BCUT2D eigenvalue weighted by Crippen LogP contribution is -2.06. The predicted octanol–water partition coefficient (Wildman–Crippen LogP) is 3.39. The first-order valence-electron chi connectivity index (χ1n) is 6.91. The molecule has 2 N–H and O–H groups in total. The third-order valence-corrected chi connectivity index (χ3v) is 3.06. The Bertz CT molecular complexity index is 519. The molecule has 20 heavy (non-hydrogen) atoms. The van der Waals surface area contributed by atoms with Gasteiger partial charge in [-0.05, 0) is 43.3 Å². The molecular formula is C16H21NO3. The second kappa shape index (κ2) is 7.01. The van der Waals surface area contributed by atoms with Crippen LogP contribution in [0, 0.1) is 0 Å². The first kappa shape index (κ1) is 14.5. The van der Waals surface area contributed by atoms with Gasteiger partial charge in [-0.15, -0.1) is 0 Å². The van der Waals surface area contributed by atoms with Gasteiger partial charge in [-0.1, -0.05) is 6.92 Å². The number of furan rings is 1. The van der Waals surface area contributed by atoms with Crippen molar-refractivity contribution < 1.29 is 14.3 Å². The van der Waals surface area contributed by atoms with Crippen molar-refractivity contribution in [3.05, 3.63) is 47.9 Å². The quantitative estimate of drug-likeness (QED) is 0.813. The average Bonchev–Trinajstić information content (AvgIpc) is 2.95. The Hall–Kier alpha value is -1.94. The molecule has 0 bridgehead atoms. The van der Waals surface area contributed by atoms with Crippen molar-refractivity contribution in [1.29, 1.82) is 0 Å². The van der Waals surface area contributed by atoms with Crippen molar-refractivity contribution in [2.45, 2.75) is 26.3 Å². The summed E-state index contributed by atoms with van der Waals surface area (Å²) in [5, 5.41) is 12.1. The molecule has 4 nitrogen and oxygen atoms in total. The van der Waals surface area contributed by atoms with Gasteiger partial charge in [-0.2, -0.15) is 0 Å². The van der Waals surface area contributed by atoms with E-state index in [4.69, 9.17) is 14.3 Å². The predicted molar refractivity (Wildman–Crippen MR) is 79.1 cm³/mol. The molecule has 0 saturated carbocycles. The fourth-order valence-electron chi connectivity index (χ4n) is 1.95. The minimum absolute atomic E-state index is 0.0231. The normalized spacial score (nSPS) is 12.2. The van der Waals surface area contributed by atoms with E-state index in [0.29, 0.717) is 6.61 Å². The third-order valence-electron chi connectivity index (χ3n) is 3.06. The zero-order valence-corrected chi connectivity index (χ0v) is 11.9. The molecule has 0 amide bonds. The highest BCUT2D eigenvalue weighted by atomic mass is 16.5. The van der Waals surface area contributed by atoms with E-state index in [9.17, 15) is 0 Å². The highest BCUT2D eigenvalue weighted by molar-refractivity contribution is 5.47. The van der Waals surface area contributed by atoms with Gasteiger partial charge in [-0.3, -0.25) is 0 Å². The van der Waals surface area contributed by atoms with Gasteiger partial charge in [0.1, 0.15) is 23.9 Å². The van der Waals surface area contributed by atoms with Crippen LogP contribution in [0.4, 0.5) is 5.69 Å². The Labute approximate surface area is 119 Å². The van der Waals surface area contributed by atoms with E-state index >= 15 is 0 Å². The molecule has 2 rings (SSSR count). The molecule has 2 aromatic rings. The minimum atomic E-state index is 0.0231. The summed E-state index contributed by atoms with van der Waals surface area (Å²) < 4.78 is 11.1. The SMILES string of the molecule is CCc1ccc(C(C)Nc2ccc(OCCO)cc2)o1. The lowest BCUT2D eigenvalue weighted by atomic mass is 10.2. The maximum atomic E-state index is 8.70. The maximum Gasteiger partial charge on any atom is 0.126 e. The van der Waals surface area contributed by atoms with Crippen molar-refractivity contribution >= 4 is 5.69 Å². The number of aliphatic hydroxyl groups excluding tert-OH is 1. The highest BCUT2D eigenvalue weighted by Gasteiger charge is 2.09. The molecule has 108 valence electrons. The molecule has 0 fully saturated rings. The number of rotatable bonds is 7. The molecule has 0 aliphatic rings. The van der Waals surface area contributed by atoms with E-state index in [1.54, 1.807) is 0 Å². The van der Waals surface area contributed by atoms with Crippen LogP contribution >= 0.6 is 0 Å². The average molecular weight is 275 g/mol. The lowest BCUT2D eigenvalue weighted by molar-refractivity contribution is 0.201. The molecule has 0 saturated heterocycles. The summed E-state index contributed by atoms with van der Waals surface area (Å²) in [7, 11) is 0. The van der Waals surface area contributed by atoms with Crippen LogP contribution in [0.25, 0.3) is 0 Å². The van der Waals surface area contributed by atoms with E-state index in [-0.39, 0.29) is 12.6 Å². The van der Waals surface area contributed by atoms with Gasteiger partial charge in [0, 0.05) is 12.1 Å². The number of hydrogen-bond donors (Lipinski definition) is 2. The maximum absolute atomic E-state index is 8.70. The first-order chi connectivity index (χ1) is 9.72. The van der Waals surface area contributed by atoms with E-state index in [1.807, 2.05) is 36.4 Å². The first-order valence-corrected chi connectivity index (χ1v) is 6.91. The fourth-order valence-corrected chi connectivity index (χ4v) is 1.95. The molecule has 1 aromatic carbocycles. The molecule has 0 spiro atoms. The number of hydrogen-bond acceptors (Lipinski definition) is 4. The summed E-state index contributed by atoms with van der Waals surface area (Å²) in [5.41, 5.74) is 1.00. The van der Waals surface area contributed by atoms with Crippen LogP contribution in [-0.4, -0.2) is 18.3 Å². The number of anilines is 1. The van der Waals surface area contributed by atoms with E-state index in [2.05, 4.69) is 19.2 Å². The monoisotopic (exact) mass is 275 g/mol. The number of aryl methyl sites for hydroxylation is 1. The van der Waals surface area contributed by atoms with Crippen molar-refractivity contribution in [1.82, 2.24) is 0 Å². The molecule has 1 heterocycles. The topological polar surface area (TPSA) is 54.6 Å². The largest absolute Gasteiger partial charge is 0.491 e. The standard InChI is InChI=1S/C16H21NO3/c1-3-14-8-9-16(20-14)12(2)17-13-4-6-15(7-5-13)19-11-10-18/h4-9,12,17-18H,3,10-11H2,1-2H3. The molecular weight excluding hydrogens is 254 g/mol. The van der Waals surface area contributed by atoms with Gasteiger partial charge in [0.25, 0.3) is 0 Å². The minimum Gasteiger partial charge on any atom is -0.491 e. The molecule has 1 aromatic heterocycles. The zero-order chi connectivity index (χ0) is 14.4. The molecule has 4 heteroatoms. The Balaban J connectivity index is 1.95. The zero-order valence-electron chi connectivity index (χ0n) is 11.9. The fraction of sp³-hybridized carbons (Fsp3) is 0.375. The van der Waals surface area contributed by atoms with E-state index in [0.717, 1.165) is 29.4 Å². The van der Waals surface area contributed by atoms with Crippen LogP contribution in [-0.2, 0) is 6.42 Å². The van der Waals surface area contributed by atoms with Crippen LogP contribution in [0.15, 0.2) is 40.8 Å². The molecule has 0 radical (unpaired) electrons. The lowest BCUT2D eigenvalue weighted by Gasteiger charge is -2.13. The van der Waals surface area contributed by atoms with Crippen LogP contribution in [0.1, 0.15) is 31.4 Å². The Morgan fingerprint density at radius 1 is 1.20 bits per heavy atom. The summed E-state index contributed by atoms with van der Waals surface area (Å²) in [6.45, 7) is 4.48. The van der Waals surface area contributed by atoms with Gasteiger partial charge in [0.05, 0.1) is 12.6 Å². The van der Waals surface area contributed by atoms with Crippen LogP contribution in [0.3, 0.4) is 0 Å². The second-order valence-corrected chi connectivity index (χ2v) is 4.62. The number of benzene rings is 1. The molecule has 0 aliphatic carbocycles. The summed E-state index contributed by atoms with van der Waals surface area (Å²) in [4.78, 5) is 0. The van der Waals surface area contributed by atoms with Gasteiger partial charge in [0.15, 0.2) is 0 Å². The van der Waals surface area contributed by atoms with Crippen LogP contribution < -0.4 is 10.1 Å². The third kappa shape index (κ3) is 3.78. The molecule has 1 atom stereocenters. The second-order valence-electron chi connectivity index (χ2n) is 4.62. The number of aliphatic hydroxyl groups is 1. The van der Waals surface area contributed by atoms with Crippen molar-refractivity contribution in [3.63, 3.8) is 0 Å². The Kier molecular flexibility index (Phi) is 5.07. The Morgan fingerprint density at radius 3 is 2.55 bits per heavy atom. The summed E-state index contributed by atoms with van der Waals surface area (Å²) in [6.07, 6.45) is 0.906. The van der Waals surface area contributed by atoms with Crippen molar-refractivity contribution in [2.24, 2.45) is 0 Å². The molecule has 0 aliphatic heterocycles. The van der Waals surface area contributed by atoms with Crippen molar-refractivity contribution in [2.75, 3.05) is 18.5 Å². The van der Waals surface area contributed by atoms with Gasteiger partial charge < -0.3 is 19.6 Å².